The lowest BCUT2D eigenvalue weighted by Crippen LogP contribution is -2.30. The number of carbonyl (C=O) groups excluding carboxylic acids is 3. The average Bonchev–Trinajstić information content (AvgIpc) is 2.48. The summed E-state index contributed by atoms with van der Waals surface area (Å²) in [7, 11) is 0. The zero-order valence-corrected chi connectivity index (χ0v) is 11.5. The molecule has 0 aromatic heterocycles. The highest BCUT2D eigenvalue weighted by atomic mass is 16.5. The van der Waals surface area contributed by atoms with Gasteiger partial charge in [0.05, 0.1) is 5.56 Å². The van der Waals surface area contributed by atoms with E-state index in [4.69, 9.17) is 15.2 Å². The van der Waals surface area contributed by atoms with E-state index in [0.717, 1.165) is 12.8 Å². The van der Waals surface area contributed by atoms with Crippen LogP contribution in [0.15, 0.2) is 24.3 Å². The summed E-state index contributed by atoms with van der Waals surface area (Å²) in [5, 5.41) is 0. The van der Waals surface area contributed by atoms with Gasteiger partial charge in [0.2, 0.25) is 0 Å². The zero-order valence-electron chi connectivity index (χ0n) is 11.5. The molecule has 1 atom stereocenters. The van der Waals surface area contributed by atoms with Crippen LogP contribution in [0, 0.1) is 0 Å². The largest absolute Gasteiger partial charge is 0.484 e. The number of carbonyl (C=O) groups is 3. The SMILES string of the molecule is NC(=O)COc1ccc(C(=O)O[C@@H]2CCCCC2=O)cc1. The molecule has 1 amide bonds. The molecule has 6 heteroatoms. The average molecular weight is 291 g/mol. The van der Waals surface area contributed by atoms with Crippen LogP contribution in [0.5, 0.6) is 5.75 Å². The Balaban J connectivity index is 1.93. The predicted molar refractivity (Wildman–Crippen MR) is 73.8 cm³/mol. The number of rotatable bonds is 5. The van der Waals surface area contributed by atoms with Gasteiger partial charge in [0, 0.05) is 6.42 Å². The number of hydrogen-bond acceptors (Lipinski definition) is 5. The van der Waals surface area contributed by atoms with E-state index in [1.807, 2.05) is 0 Å². The van der Waals surface area contributed by atoms with E-state index in [0.29, 0.717) is 24.2 Å². The normalized spacial score (nSPS) is 18.1. The standard InChI is InChI=1S/C15H17NO5/c16-14(18)9-20-11-7-5-10(6-8-11)15(19)21-13-4-2-1-3-12(13)17/h5-8,13H,1-4,9H2,(H2,16,18)/t13-/m1/s1. The second-order valence-corrected chi connectivity index (χ2v) is 4.89. The van der Waals surface area contributed by atoms with Gasteiger partial charge < -0.3 is 15.2 Å². The van der Waals surface area contributed by atoms with Gasteiger partial charge in [-0.3, -0.25) is 9.59 Å². The van der Waals surface area contributed by atoms with Gasteiger partial charge in [0.15, 0.2) is 18.5 Å². The molecule has 0 bridgehead atoms. The van der Waals surface area contributed by atoms with Crippen molar-refractivity contribution < 1.29 is 23.9 Å². The van der Waals surface area contributed by atoms with E-state index in [2.05, 4.69) is 0 Å². The van der Waals surface area contributed by atoms with Crippen LogP contribution < -0.4 is 10.5 Å². The first kappa shape index (κ1) is 15.0. The van der Waals surface area contributed by atoms with E-state index in [-0.39, 0.29) is 12.4 Å². The maximum atomic E-state index is 11.9. The molecule has 0 unspecified atom stereocenters. The monoisotopic (exact) mass is 291 g/mol. The number of ketones is 1. The summed E-state index contributed by atoms with van der Waals surface area (Å²) in [4.78, 5) is 34.2. The van der Waals surface area contributed by atoms with Crippen molar-refractivity contribution in [3.05, 3.63) is 29.8 Å². The minimum absolute atomic E-state index is 0.0176. The summed E-state index contributed by atoms with van der Waals surface area (Å²) < 4.78 is 10.3. The van der Waals surface area contributed by atoms with Crippen LogP contribution in [0.2, 0.25) is 0 Å². The molecule has 21 heavy (non-hydrogen) atoms. The third kappa shape index (κ3) is 4.30. The summed E-state index contributed by atoms with van der Waals surface area (Å²) in [6, 6.07) is 6.13. The summed E-state index contributed by atoms with van der Waals surface area (Å²) in [6.07, 6.45) is 2.18. The Morgan fingerprint density at radius 3 is 2.52 bits per heavy atom. The van der Waals surface area contributed by atoms with Crippen LogP contribution in [0.4, 0.5) is 0 Å². The molecule has 1 aliphatic rings. The Morgan fingerprint density at radius 2 is 1.90 bits per heavy atom. The Bertz CT molecular complexity index is 537. The number of benzene rings is 1. The van der Waals surface area contributed by atoms with Gasteiger partial charge in [-0.15, -0.1) is 0 Å². The minimum atomic E-state index is -0.628. The molecule has 1 saturated carbocycles. The third-order valence-electron chi connectivity index (χ3n) is 3.22. The van der Waals surface area contributed by atoms with Crippen LogP contribution in [-0.2, 0) is 14.3 Å². The number of ether oxygens (including phenoxy) is 2. The summed E-state index contributed by atoms with van der Waals surface area (Å²) in [5.74, 6) is -0.693. The Hall–Kier alpha value is -2.37. The van der Waals surface area contributed by atoms with Crippen LogP contribution in [0.25, 0.3) is 0 Å². The number of nitrogens with two attached hydrogens (primary N) is 1. The number of esters is 1. The highest BCUT2D eigenvalue weighted by molar-refractivity contribution is 5.93. The smallest absolute Gasteiger partial charge is 0.338 e. The fourth-order valence-corrected chi connectivity index (χ4v) is 2.11. The van der Waals surface area contributed by atoms with Crippen molar-refractivity contribution in [1.82, 2.24) is 0 Å². The molecule has 1 aromatic rings. The fraction of sp³-hybridized carbons (Fsp3) is 0.400. The molecular weight excluding hydrogens is 274 g/mol. The minimum Gasteiger partial charge on any atom is -0.484 e. The summed E-state index contributed by atoms with van der Waals surface area (Å²) in [6.45, 7) is -0.222. The molecule has 1 fully saturated rings. The van der Waals surface area contributed by atoms with Crippen molar-refractivity contribution in [2.24, 2.45) is 5.73 Å². The lowest BCUT2D eigenvalue weighted by Gasteiger charge is -2.20. The summed E-state index contributed by atoms with van der Waals surface area (Å²) >= 11 is 0. The van der Waals surface area contributed by atoms with Gasteiger partial charge >= 0.3 is 5.97 Å². The van der Waals surface area contributed by atoms with Crippen LogP contribution in [0.3, 0.4) is 0 Å². The van der Waals surface area contributed by atoms with E-state index in [1.54, 1.807) is 12.1 Å². The first-order chi connectivity index (χ1) is 10.1. The quantitative estimate of drug-likeness (QED) is 0.823. The first-order valence-electron chi connectivity index (χ1n) is 6.81. The predicted octanol–water partition coefficient (Wildman–Crippen LogP) is 1.22. The van der Waals surface area contributed by atoms with Gasteiger partial charge in [-0.1, -0.05) is 0 Å². The lowest BCUT2D eigenvalue weighted by molar-refractivity contribution is -0.130. The third-order valence-corrected chi connectivity index (χ3v) is 3.22. The topological polar surface area (TPSA) is 95.7 Å². The van der Waals surface area contributed by atoms with Gasteiger partial charge in [-0.05, 0) is 43.5 Å². The molecule has 2 N–H and O–H groups in total. The van der Waals surface area contributed by atoms with Gasteiger partial charge in [-0.2, -0.15) is 0 Å². The maximum Gasteiger partial charge on any atom is 0.338 e. The van der Waals surface area contributed by atoms with Crippen LogP contribution >= 0.6 is 0 Å². The molecule has 0 aliphatic heterocycles. The van der Waals surface area contributed by atoms with Crippen LogP contribution in [-0.4, -0.2) is 30.4 Å². The van der Waals surface area contributed by atoms with Crippen LogP contribution in [0.1, 0.15) is 36.0 Å². The molecule has 112 valence electrons. The molecule has 0 spiro atoms. The number of primary amides is 1. The lowest BCUT2D eigenvalue weighted by atomic mass is 9.96. The number of amides is 1. The second kappa shape index (κ2) is 6.88. The zero-order chi connectivity index (χ0) is 15.2. The van der Waals surface area contributed by atoms with E-state index < -0.39 is 18.0 Å². The van der Waals surface area contributed by atoms with Crippen molar-refractivity contribution in [2.75, 3.05) is 6.61 Å². The van der Waals surface area contributed by atoms with E-state index >= 15 is 0 Å². The number of Topliss-reactive ketones (excluding diaryl/α,β-unsaturated/α-hetero) is 1. The van der Waals surface area contributed by atoms with E-state index in [9.17, 15) is 14.4 Å². The maximum absolute atomic E-state index is 11.9. The van der Waals surface area contributed by atoms with Crippen molar-refractivity contribution in [3.8, 4) is 5.75 Å². The van der Waals surface area contributed by atoms with Crippen molar-refractivity contribution in [2.45, 2.75) is 31.8 Å². The van der Waals surface area contributed by atoms with Crippen molar-refractivity contribution in [3.63, 3.8) is 0 Å². The first-order valence-corrected chi connectivity index (χ1v) is 6.81. The van der Waals surface area contributed by atoms with Gasteiger partial charge in [-0.25, -0.2) is 4.79 Å². The fourth-order valence-electron chi connectivity index (χ4n) is 2.11. The van der Waals surface area contributed by atoms with E-state index in [1.165, 1.54) is 12.1 Å². The molecule has 1 aromatic carbocycles. The highest BCUT2D eigenvalue weighted by Gasteiger charge is 2.26. The van der Waals surface area contributed by atoms with Crippen molar-refractivity contribution in [1.29, 1.82) is 0 Å². The second-order valence-electron chi connectivity index (χ2n) is 4.89. The molecule has 2 rings (SSSR count). The number of hydrogen-bond donors (Lipinski definition) is 1. The Labute approximate surface area is 122 Å². The molecular formula is C15H17NO5. The highest BCUT2D eigenvalue weighted by Crippen LogP contribution is 2.19. The molecule has 1 aliphatic carbocycles. The Morgan fingerprint density at radius 1 is 1.19 bits per heavy atom. The van der Waals surface area contributed by atoms with Gasteiger partial charge in [0.1, 0.15) is 5.75 Å². The van der Waals surface area contributed by atoms with Gasteiger partial charge in [0.25, 0.3) is 5.91 Å². The molecule has 0 radical (unpaired) electrons. The van der Waals surface area contributed by atoms with Crippen molar-refractivity contribution >= 4 is 17.7 Å². The molecule has 0 heterocycles. The summed E-state index contributed by atoms with van der Waals surface area (Å²) in [5.41, 5.74) is 5.30. The molecule has 6 nitrogen and oxygen atoms in total. The molecule has 0 saturated heterocycles. The Kier molecular flexibility index (Phi) is 4.92.